The van der Waals surface area contributed by atoms with Crippen LogP contribution >= 0.6 is 0 Å². The monoisotopic (exact) mass is 1550 g/mol. The highest BCUT2D eigenvalue weighted by molar-refractivity contribution is 6.28. The fraction of sp³-hybridized carbons (Fsp3) is 0. The molecule has 8 aromatic heterocycles. The molecular formula is C110H66N12. The summed E-state index contributed by atoms with van der Waals surface area (Å²) in [7, 11) is 0. The Morgan fingerprint density at radius 1 is 0.156 bits per heavy atom. The normalized spacial score (nSPS) is 11.9. The van der Waals surface area contributed by atoms with Crippen LogP contribution in [-0.2, 0) is 0 Å². The molecule has 12 heteroatoms. The van der Waals surface area contributed by atoms with Gasteiger partial charge in [0.05, 0.1) is 89.2 Å². The molecule has 18 aromatic carbocycles. The van der Waals surface area contributed by atoms with Crippen LogP contribution in [0.5, 0.6) is 0 Å². The van der Waals surface area contributed by atoms with E-state index in [2.05, 4.69) is 370 Å². The van der Waals surface area contributed by atoms with Crippen LogP contribution in [0.25, 0.3) is 244 Å². The summed E-state index contributed by atoms with van der Waals surface area (Å²) < 4.78 is 8.96. The van der Waals surface area contributed by atoms with Crippen molar-refractivity contribution in [1.29, 1.82) is 0 Å². The van der Waals surface area contributed by atoms with Crippen molar-refractivity contribution in [3.05, 3.63) is 400 Å². The minimum absolute atomic E-state index is 0.638. The fourth-order valence-electron chi connectivity index (χ4n) is 19.0. The van der Waals surface area contributed by atoms with Gasteiger partial charge in [0.15, 0.2) is 0 Å². The van der Waals surface area contributed by atoms with E-state index >= 15 is 0 Å². The van der Waals surface area contributed by atoms with Gasteiger partial charge in [-0.15, -0.1) is 0 Å². The Bertz CT molecular complexity index is 8640. The summed E-state index contributed by atoms with van der Waals surface area (Å²) in [4.78, 5) is 42.3. The number of para-hydroxylation sites is 5. The zero-order chi connectivity index (χ0) is 80.0. The lowest BCUT2D eigenvalue weighted by atomic mass is 9.94. The highest BCUT2D eigenvalue weighted by atomic mass is 15.2. The second-order valence-electron chi connectivity index (χ2n) is 31.3. The van der Waals surface area contributed by atoms with Crippen molar-refractivity contribution in [3.63, 3.8) is 0 Å². The predicted molar refractivity (Wildman–Crippen MR) is 501 cm³/mol. The molecule has 0 saturated carbocycles. The summed E-state index contributed by atoms with van der Waals surface area (Å²) >= 11 is 0. The van der Waals surface area contributed by atoms with Crippen molar-refractivity contribution >= 4 is 141 Å². The van der Waals surface area contributed by atoms with Crippen LogP contribution in [0.3, 0.4) is 0 Å². The number of hydrogen-bond acceptors (Lipinski definition) is 8. The Balaban J connectivity index is 0.000000134. The minimum atomic E-state index is 0.638. The van der Waals surface area contributed by atoms with Crippen molar-refractivity contribution in [2.24, 2.45) is 0 Å². The van der Waals surface area contributed by atoms with Gasteiger partial charge in [-0.1, -0.05) is 328 Å². The summed E-state index contributed by atoms with van der Waals surface area (Å²) in [6, 6.07) is 141. The molecule has 26 aromatic rings. The highest BCUT2D eigenvalue weighted by Gasteiger charge is 2.27. The molecule has 0 N–H and O–H groups in total. The summed E-state index contributed by atoms with van der Waals surface area (Å²) in [5.41, 5.74) is 25.5. The molecule has 566 valence electrons. The van der Waals surface area contributed by atoms with E-state index in [4.69, 9.17) is 39.9 Å². The van der Waals surface area contributed by atoms with E-state index in [0.29, 0.717) is 23.8 Å². The smallest absolute Gasteiger partial charge is 0.235 e. The molecule has 0 unspecified atom stereocenters. The summed E-state index contributed by atoms with van der Waals surface area (Å²) in [6.07, 6.45) is 0. The fourth-order valence-corrected chi connectivity index (χ4v) is 19.0. The molecule has 0 bridgehead atoms. The van der Waals surface area contributed by atoms with Gasteiger partial charge in [-0.25, -0.2) is 39.9 Å². The first-order valence-corrected chi connectivity index (χ1v) is 41.1. The third-order valence-electron chi connectivity index (χ3n) is 24.5. The topological polar surface area (TPSA) is 123 Å². The quantitative estimate of drug-likeness (QED) is 0.117. The summed E-state index contributed by atoms with van der Waals surface area (Å²) in [5.74, 6) is 2.58. The maximum atomic E-state index is 5.34. The first-order valence-electron chi connectivity index (χ1n) is 41.1. The van der Waals surface area contributed by atoms with Crippen molar-refractivity contribution in [2.45, 2.75) is 0 Å². The van der Waals surface area contributed by atoms with E-state index in [-0.39, 0.29) is 0 Å². The van der Waals surface area contributed by atoms with Gasteiger partial charge in [-0.2, -0.15) is 0 Å². The Labute approximate surface area is 697 Å². The van der Waals surface area contributed by atoms with Crippen LogP contribution in [0.1, 0.15) is 0 Å². The lowest BCUT2D eigenvalue weighted by molar-refractivity contribution is 0.996. The summed E-state index contributed by atoms with van der Waals surface area (Å²) in [5, 5.41) is 17.2. The lowest BCUT2D eigenvalue weighted by Crippen LogP contribution is -2.04. The van der Waals surface area contributed by atoms with Crippen molar-refractivity contribution < 1.29 is 0 Å². The second-order valence-corrected chi connectivity index (χ2v) is 31.3. The van der Waals surface area contributed by atoms with Crippen molar-refractivity contribution in [1.82, 2.24) is 58.1 Å². The zero-order valence-electron chi connectivity index (χ0n) is 65.5. The van der Waals surface area contributed by atoms with Gasteiger partial charge in [0.2, 0.25) is 23.8 Å². The maximum absolute atomic E-state index is 5.34. The zero-order valence-corrected chi connectivity index (χ0v) is 65.5. The Hall–Kier alpha value is -16.7. The Kier molecular flexibility index (Phi) is 15.4. The van der Waals surface area contributed by atoms with Crippen LogP contribution < -0.4 is 0 Å². The molecule has 0 amide bonds. The first kappa shape index (κ1) is 68.5. The molecule has 0 radical (unpaired) electrons. The van der Waals surface area contributed by atoms with E-state index in [1.54, 1.807) is 0 Å². The molecular weight excluding hydrogens is 1490 g/mol. The Morgan fingerprint density at radius 3 is 0.836 bits per heavy atom. The van der Waals surface area contributed by atoms with Gasteiger partial charge >= 0.3 is 0 Å². The number of fused-ring (bicyclic) bond motifs is 9. The number of hydrogen-bond donors (Lipinski definition) is 0. The van der Waals surface area contributed by atoms with Crippen LogP contribution in [0.15, 0.2) is 400 Å². The van der Waals surface area contributed by atoms with Gasteiger partial charge in [-0.3, -0.25) is 18.3 Å². The van der Waals surface area contributed by atoms with E-state index in [1.807, 2.05) is 48.5 Å². The molecule has 26 rings (SSSR count). The average molecular weight is 1560 g/mol. The molecule has 0 aliphatic heterocycles. The highest BCUT2D eigenvalue weighted by Crippen LogP contribution is 2.48. The Morgan fingerprint density at radius 2 is 0.451 bits per heavy atom. The largest absolute Gasteiger partial charge is 0.278 e. The molecule has 8 heterocycles. The van der Waals surface area contributed by atoms with Gasteiger partial charge in [0.25, 0.3) is 0 Å². The van der Waals surface area contributed by atoms with Gasteiger partial charge in [0, 0.05) is 87.1 Å². The third kappa shape index (κ3) is 10.8. The standard InChI is InChI=1S/C56H34N6.C54H32N6/c1-4-15-35(16-5-1)46-34-47(36-17-6-2-7-18-36)59-55(58-46)62-49-26-14-21-37-27-30-43-40(31-32-50(62)53(43)52(37)49)39-28-29-42-41-22-11-13-25-48(41)61(51(42)33-39)56-57-45-24-12-10-23-44(45)54(60-56)38-19-8-3-9-20-38;1-3-14-34(15-4-1)51-41-20-7-10-22-43(41)55-53(57-51)59-45-24-12-9-19-38(45)39-28-27-36(32-48(39)59)37-30-31-47-50-40(37)29-26-33-18-13-25-46(49(33)50)60(47)54-56-44-23-11-8-21-42(44)52(58-54)35-16-5-2-6-17-35/h1-34H;1-32H. The summed E-state index contributed by atoms with van der Waals surface area (Å²) in [6.45, 7) is 0. The molecule has 0 spiro atoms. The van der Waals surface area contributed by atoms with Gasteiger partial charge in [0.1, 0.15) is 0 Å². The molecule has 0 fully saturated rings. The second kappa shape index (κ2) is 27.5. The van der Waals surface area contributed by atoms with E-state index in [9.17, 15) is 0 Å². The SMILES string of the molecule is c1ccc(-c2cc(-c3ccccc3)nc(-n3c4cccc5ccc6c(-c7ccc8c9ccccc9n(-c9nc(-c%10ccccc%10)c%10ccccc%10n9)c8c7)ccc3c6c54)n2)cc1.c1ccc(-c2nc(-n3c4ccccc4c4ccc(-c5ccc6c7c5ccc5cccc(c57)n6-c5nc(-c6ccccc6)c6ccccc6n5)cc43)nc3ccccc23)cc1. The van der Waals surface area contributed by atoms with Crippen molar-refractivity contribution in [3.8, 4) is 102 Å². The molecule has 0 saturated heterocycles. The molecule has 122 heavy (non-hydrogen) atoms. The van der Waals surface area contributed by atoms with Crippen LogP contribution in [0.4, 0.5) is 0 Å². The molecule has 0 aliphatic rings. The van der Waals surface area contributed by atoms with E-state index < -0.39 is 0 Å². The van der Waals surface area contributed by atoms with Gasteiger partial charge < -0.3 is 0 Å². The third-order valence-corrected chi connectivity index (χ3v) is 24.5. The molecule has 0 atom stereocenters. The number of rotatable bonds is 11. The minimum Gasteiger partial charge on any atom is -0.278 e. The van der Waals surface area contributed by atoms with Crippen molar-refractivity contribution in [2.75, 3.05) is 0 Å². The molecule has 12 nitrogen and oxygen atoms in total. The molecule has 0 aliphatic carbocycles. The number of aromatic nitrogens is 12. The number of benzene rings is 18. The number of nitrogens with zero attached hydrogens (tertiary/aromatic N) is 12. The maximum Gasteiger partial charge on any atom is 0.235 e. The average Bonchev–Trinajstić information content (AvgIpc) is 1.56. The first-order chi connectivity index (χ1) is 60.5. The van der Waals surface area contributed by atoms with E-state index in [0.717, 1.165) is 177 Å². The van der Waals surface area contributed by atoms with Gasteiger partial charge in [-0.05, 0) is 117 Å². The predicted octanol–water partition coefficient (Wildman–Crippen LogP) is 27.2. The lowest BCUT2D eigenvalue weighted by Gasteiger charge is -2.13. The van der Waals surface area contributed by atoms with E-state index in [1.165, 1.54) is 43.1 Å². The van der Waals surface area contributed by atoms with Crippen LogP contribution in [-0.4, -0.2) is 58.1 Å². The van der Waals surface area contributed by atoms with Crippen LogP contribution in [0.2, 0.25) is 0 Å². The van der Waals surface area contributed by atoms with Crippen LogP contribution in [0, 0.1) is 0 Å².